The molecule has 0 fully saturated rings. The number of hydrogen-bond acceptors (Lipinski definition) is 4. The predicted octanol–water partition coefficient (Wildman–Crippen LogP) is 2.02. The molecule has 1 heterocycles. The first kappa shape index (κ1) is 15.9. The Hall–Kier alpha value is -2.46. The van der Waals surface area contributed by atoms with Gasteiger partial charge in [-0.2, -0.15) is 5.26 Å². The molecular formula is C15H16N4O2S. The molecule has 0 unspecified atom stereocenters. The van der Waals surface area contributed by atoms with E-state index in [2.05, 4.69) is 16.4 Å². The van der Waals surface area contributed by atoms with Crippen LogP contribution in [0.4, 0.5) is 0 Å². The van der Waals surface area contributed by atoms with Crippen LogP contribution >= 0.6 is 12.2 Å². The zero-order valence-electron chi connectivity index (χ0n) is 12.3. The molecule has 0 saturated carbocycles. The van der Waals surface area contributed by atoms with Crippen molar-refractivity contribution in [1.82, 2.24) is 14.9 Å². The van der Waals surface area contributed by atoms with Gasteiger partial charge in [0.15, 0.2) is 4.77 Å². The van der Waals surface area contributed by atoms with Crippen LogP contribution in [-0.4, -0.2) is 21.5 Å². The van der Waals surface area contributed by atoms with Gasteiger partial charge in [-0.05, 0) is 36.8 Å². The van der Waals surface area contributed by atoms with E-state index < -0.39 is 6.04 Å². The van der Waals surface area contributed by atoms with Crippen LogP contribution in [-0.2, 0) is 7.05 Å². The molecule has 114 valence electrons. The number of carbonyl (C=O) groups excluding carboxylic acids is 1. The highest BCUT2D eigenvalue weighted by molar-refractivity contribution is 7.71. The average Bonchev–Trinajstić information content (AvgIpc) is 2.51. The summed E-state index contributed by atoms with van der Waals surface area (Å²) in [6.07, 6.45) is 1.40. The van der Waals surface area contributed by atoms with Gasteiger partial charge >= 0.3 is 0 Å². The third-order valence-electron chi connectivity index (χ3n) is 3.40. The minimum atomic E-state index is -0.518. The maximum Gasteiger partial charge on any atom is 0.261 e. The minimum absolute atomic E-state index is 0.216. The molecule has 0 spiro atoms. The van der Waals surface area contributed by atoms with E-state index in [1.807, 2.05) is 6.92 Å². The van der Waals surface area contributed by atoms with Crippen LogP contribution in [0, 0.1) is 16.1 Å². The molecule has 1 atom stereocenters. The lowest BCUT2D eigenvalue weighted by molar-refractivity contribution is 0.0944. The Balaban J connectivity index is 2.40. The molecule has 1 aromatic heterocycles. The molecule has 0 bridgehead atoms. The van der Waals surface area contributed by atoms with Crippen LogP contribution in [0.25, 0.3) is 10.9 Å². The minimum Gasteiger partial charge on any atom is -0.336 e. The van der Waals surface area contributed by atoms with Gasteiger partial charge in [0.2, 0.25) is 0 Å². The number of aromatic nitrogens is 2. The summed E-state index contributed by atoms with van der Waals surface area (Å²) < 4.78 is 1.63. The van der Waals surface area contributed by atoms with Crippen molar-refractivity contribution in [2.45, 2.75) is 25.8 Å². The number of carbonyl (C=O) groups is 1. The van der Waals surface area contributed by atoms with E-state index in [4.69, 9.17) is 17.5 Å². The van der Waals surface area contributed by atoms with Crippen LogP contribution in [0.1, 0.15) is 30.1 Å². The van der Waals surface area contributed by atoms with Crippen molar-refractivity contribution in [2.24, 2.45) is 7.05 Å². The molecule has 2 aromatic rings. The van der Waals surface area contributed by atoms with Crippen LogP contribution in [0.15, 0.2) is 23.0 Å². The van der Waals surface area contributed by atoms with E-state index in [-0.39, 0.29) is 16.2 Å². The smallest absolute Gasteiger partial charge is 0.261 e. The maximum absolute atomic E-state index is 12.2. The third kappa shape index (κ3) is 3.07. The van der Waals surface area contributed by atoms with Crippen molar-refractivity contribution in [3.63, 3.8) is 0 Å². The molecule has 0 aliphatic carbocycles. The predicted molar refractivity (Wildman–Crippen MR) is 86.1 cm³/mol. The number of nitrogens with one attached hydrogen (secondary N) is 2. The van der Waals surface area contributed by atoms with Gasteiger partial charge in [0.1, 0.15) is 6.04 Å². The zero-order valence-corrected chi connectivity index (χ0v) is 13.2. The van der Waals surface area contributed by atoms with E-state index in [1.165, 1.54) is 4.57 Å². The van der Waals surface area contributed by atoms with Gasteiger partial charge in [0, 0.05) is 12.6 Å². The van der Waals surface area contributed by atoms with Gasteiger partial charge < -0.3 is 10.3 Å². The van der Waals surface area contributed by atoms with Crippen LogP contribution in [0.3, 0.4) is 0 Å². The van der Waals surface area contributed by atoms with Crippen molar-refractivity contribution in [3.8, 4) is 6.07 Å². The second-order valence-electron chi connectivity index (χ2n) is 5.00. The highest BCUT2D eigenvalue weighted by Crippen LogP contribution is 2.11. The lowest BCUT2D eigenvalue weighted by Crippen LogP contribution is -2.33. The fourth-order valence-electron chi connectivity index (χ4n) is 2.15. The Morgan fingerprint density at radius 3 is 2.91 bits per heavy atom. The summed E-state index contributed by atoms with van der Waals surface area (Å²) in [4.78, 5) is 27.2. The SMILES string of the molecule is CCC[C@H](C#N)NC(=O)c1ccc2c(=O)n(C)c(=S)[nH]c2c1. The molecule has 6 nitrogen and oxygen atoms in total. The summed E-state index contributed by atoms with van der Waals surface area (Å²) in [6, 6.07) is 6.26. The molecule has 0 radical (unpaired) electrons. The molecule has 0 saturated heterocycles. The Morgan fingerprint density at radius 2 is 2.27 bits per heavy atom. The molecule has 0 aliphatic heterocycles. The molecule has 0 aliphatic rings. The number of hydrogen-bond donors (Lipinski definition) is 2. The van der Waals surface area contributed by atoms with Crippen molar-refractivity contribution >= 4 is 29.0 Å². The van der Waals surface area contributed by atoms with Gasteiger partial charge in [-0.1, -0.05) is 13.3 Å². The van der Waals surface area contributed by atoms with E-state index in [0.29, 0.717) is 22.9 Å². The Kier molecular flexibility index (Phi) is 4.73. The van der Waals surface area contributed by atoms with Gasteiger partial charge in [0.25, 0.3) is 11.5 Å². The number of benzene rings is 1. The second-order valence-corrected chi connectivity index (χ2v) is 5.39. The standard InChI is InChI=1S/C15H16N4O2S/c1-3-4-10(8-16)17-13(20)9-5-6-11-12(7-9)18-15(22)19(2)14(11)21/h5-7,10H,3-4H2,1-2H3,(H,17,20)(H,18,22)/t10-/m1/s1. The van der Waals surface area contributed by atoms with Gasteiger partial charge in [-0.3, -0.25) is 14.2 Å². The maximum atomic E-state index is 12.2. The van der Waals surface area contributed by atoms with E-state index >= 15 is 0 Å². The lowest BCUT2D eigenvalue weighted by atomic mass is 10.1. The topological polar surface area (TPSA) is 90.7 Å². The number of nitrogens with zero attached hydrogens (tertiary/aromatic N) is 2. The quantitative estimate of drug-likeness (QED) is 0.844. The van der Waals surface area contributed by atoms with Crippen molar-refractivity contribution in [3.05, 3.63) is 38.9 Å². The van der Waals surface area contributed by atoms with Gasteiger partial charge in [-0.25, -0.2) is 0 Å². The van der Waals surface area contributed by atoms with E-state index in [1.54, 1.807) is 25.2 Å². The first-order valence-electron chi connectivity index (χ1n) is 6.91. The summed E-state index contributed by atoms with van der Waals surface area (Å²) >= 11 is 5.06. The Bertz CT molecular complexity index is 876. The molecule has 7 heteroatoms. The molecule has 1 aromatic carbocycles. The summed E-state index contributed by atoms with van der Waals surface area (Å²) in [5.41, 5.74) is 0.666. The molecule has 2 N–H and O–H groups in total. The van der Waals surface area contributed by atoms with Gasteiger partial charge in [-0.15, -0.1) is 0 Å². The molecule has 2 rings (SSSR count). The van der Waals surface area contributed by atoms with Crippen molar-refractivity contribution in [1.29, 1.82) is 5.26 Å². The Morgan fingerprint density at radius 1 is 1.55 bits per heavy atom. The van der Waals surface area contributed by atoms with Crippen LogP contribution in [0.2, 0.25) is 0 Å². The fraction of sp³-hybridized carbons (Fsp3) is 0.333. The summed E-state index contributed by atoms with van der Waals surface area (Å²) in [7, 11) is 1.59. The average molecular weight is 316 g/mol. The van der Waals surface area contributed by atoms with E-state index in [0.717, 1.165) is 6.42 Å². The summed E-state index contributed by atoms with van der Waals surface area (Å²) in [5.74, 6) is -0.345. The van der Waals surface area contributed by atoms with Crippen molar-refractivity contribution in [2.75, 3.05) is 0 Å². The highest BCUT2D eigenvalue weighted by Gasteiger charge is 2.13. The van der Waals surface area contributed by atoms with Crippen LogP contribution in [0.5, 0.6) is 0 Å². The van der Waals surface area contributed by atoms with Crippen molar-refractivity contribution < 1.29 is 4.79 Å². The summed E-state index contributed by atoms with van der Waals surface area (Å²) in [5, 5.41) is 12.1. The van der Waals surface area contributed by atoms with E-state index in [9.17, 15) is 9.59 Å². The first-order chi connectivity index (χ1) is 10.5. The molecular weight excluding hydrogens is 300 g/mol. The lowest BCUT2D eigenvalue weighted by Gasteiger charge is -2.11. The normalized spacial score (nSPS) is 11.9. The van der Waals surface area contributed by atoms with Crippen LogP contribution < -0.4 is 10.9 Å². The number of amides is 1. The summed E-state index contributed by atoms with van der Waals surface area (Å²) in [6.45, 7) is 1.95. The highest BCUT2D eigenvalue weighted by atomic mass is 32.1. The fourth-order valence-corrected chi connectivity index (χ4v) is 2.34. The van der Waals surface area contributed by atoms with Gasteiger partial charge in [0.05, 0.1) is 17.0 Å². The number of nitriles is 1. The third-order valence-corrected chi connectivity index (χ3v) is 3.78. The molecule has 1 amide bonds. The molecule has 22 heavy (non-hydrogen) atoms. The number of fused-ring (bicyclic) bond motifs is 1. The Labute approximate surface area is 132 Å². The number of H-pyrrole nitrogens is 1. The second kappa shape index (κ2) is 6.54. The number of rotatable bonds is 4. The number of aromatic amines is 1. The monoisotopic (exact) mass is 316 g/mol. The largest absolute Gasteiger partial charge is 0.336 e. The first-order valence-corrected chi connectivity index (χ1v) is 7.32. The zero-order chi connectivity index (χ0) is 16.3.